The smallest absolute Gasteiger partial charge is 0.307 e. The normalized spacial score (nSPS) is 14.2. The first kappa shape index (κ1) is 15.2. The molecule has 3 N–H and O–H groups in total. The quantitative estimate of drug-likeness (QED) is 0.701. The molecule has 100 valence electrons. The number of carbonyl (C=O) groups is 1. The summed E-state index contributed by atoms with van der Waals surface area (Å²) in [7, 11) is 0. The molecule has 2 unspecified atom stereocenters. The summed E-state index contributed by atoms with van der Waals surface area (Å²) in [4.78, 5) is 10.7. The Morgan fingerprint density at radius 3 is 2.56 bits per heavy atom. The Balaban J connectivity index is 3.03. The number of hydrogen-bond donors (Lipinski definition) is 3. The van der Waals surface area contributed by atoms with E-state index in [2.05, 4.69) is 0 Å². The zero-order valence-corrected chi connectivity index (χ0v) is 11.0. The predicted molar refractivity (Wildman–Crippen MR) is 69.1 cm³/mol. The van der Waals surface area contributed by atoms with Crippen LogP contribution in [0, 0.1) is 0 Å². The fourth-order valence-corrected chi connectivity index (χ4v) is 2.05. The average Bonchev–Trinajstić information content (AvgIpc) is 2.30. The molecule has 0 saturated heterocycles. The summed E-state index contributed by atoms with van der Waals surface area (Å²) in [5.74, 6) is -0.815. The standard InChI is InChI=1S/C12H14Cl2O4/c13-4-3-10(15)12(18)9-6-8(14)2-1-7(9)5-11(16)17/h1-2,6,10,12,15,18H,3-5H2,(H,16,17). The molecule has 0 spiro atoms. The van der Waals surface area contributed by atoms with E-state index < -0.39 is 18.2 Å². The molecule has 0 radical (unpaired) electrons. The molecular weight excluding hydrogens is 279 g/mol. The van der Waals surface area contributed by atoms with Gasteiger partial charge in [-0.2, -0.15) is 0 Å². The van der Waals surface area contributed by atoms with Crippen LogP contribution in [0.25, 0.3) is 0 Å². The van der Waals surface area contributed by atoms with Crippen LogP contribution < -0.4 is 0 Å². The molecule has 0 aliphatic carbocycles. The van der Waals surface area contributed by atoms with E-state index in [0.29, 0.717) is 16.1 Å². The Hall–Kier alpha value is -0.810. The molecular formula is C12H14Cl2O4. The molecule has 0 saturated carbocycles. The van der Waals surface area contributed by atoms with E-state index in [9.17, 15) is 15.0 Å². The monoisotopic (exact) mass is 292 g/mol. The summed E-state index contributed by atoms with van der Waals surface area (Å²) in [5, 5.41) is 28.8. The van der Waals surface area contributed by atoms with E-state index in [4.69, 9.17) is 28.3 Å². The number of carboxylic acids is 1. The van der Waals surface area contributed by atoms with Crippen LogP contribution in [0.15, 0.2) is 18.2 Å². The van der Waals surface area contributed by atoms with E-state index in [1.54, 1.807) is 6.07 Å². The van der Waals surface area contributed by atoms with Gasteiger partial charge in [0.25, 0.3) is 0 Å². The van der Waals surface area contributed by atoms with Crippen molar-refractivity contribution in [3.05, 3.63) is 34.3 Å². The number of aliphatic hydroxyl groups excluding tert-OH is 2. The fraction of sp³-hybridized carbons (Fsp3) is 0.417. The minimum atomic E-state index is -1.20. The number of halogens is 2. The zero-order valence-electron chi connectivity index (χ0n) is 9.51. The van der Waals surface area contributed by atoms with Crippen LogP contribution in [0.2, 0.25) is 5.02 Å². The van der Waals surface area contributed by atoms with Crippen molar-refractivity contribution < 1.29 is 20.1 Å². The number of aliphatic hydroxyl groups is 2. The van der Waals surface area contributed by atoms with Gasteiger partial charge in [0.05, 0.1) is 12.5 Å². The lowest BCUT2D eigenvalue weighted by atomic mass is 9.96. The molecule has 18 heavy (non-hydrogen) atoms. The van der Waals surface area contributed by atoms with Crippen molar-refractivity contribution in [1.82, 2.24) is 0 Å². The van der Waals surface area contributed by atoms with E-state index in [1.165, 1.54) is 12.1 Å². The maximum absolute atomic E-state index is 10.7. The Morgan fingerprint density at radius 2 is 2.00 bits per heavy atom. The summed E-state index contributed by atoms with van der Waals surface area (Å²) in [5.41, 5.74) is 0.746. The third-order valence-electron chi connectivity index (χ3n) is 2.54. The first-order valence-corrected chi connectivity index (χ1v) is 6.29. The van der Waals surface area contributed by atoms with Gasteiger partial charge in [-0.1, -0.05) is 17.7 Å². The Morgan fingerprint density at radius 1 is 1.33 bits per heavy atom. The van der Waals surface area contributed by atoms with Crippen molar-refractivity contribution in [2.24, 2.45) is 0 Å². The summed E-state index contributed by atoms with van der Waals surface area (Å²) >= 11 is 11.3. The first-order chi connectivity index (χ1) is 8.45. The Kier molecular flexibility index (Phi) is 5.88. The number of alkyl halides is 1. The lowest BCUT2D eigenvalue weighted by Gasteiger charge is -2.20. The van der Waals surface area contributed by atoms with Crippen LogP contribution >= 0.6 is 23.2 Å². The van der Waals surface area contributed by atoms with Gasteiger partial charge in [0, 0.05) is 10.9 Å². The fourth-order valence-electron chi connectivity index (χ4n) is 1.64. The topological polar surface area (TPSA) is 77.8 Å². The van der Waals surface area contributed by atoms with Gasteiger partial charge in [0.1, 0.15) is 6.10 Å². The molecule has 0 aliphatic heterocycles. The first-order valence-electron chi connectivity index (χ1n) is 5.38. The average molecular weight is 293 g/mol. The predicted octanol–water partition coefficient (Wildman–Crippen LogP) is 1.99. The molecule has 0 fully saturated rings. The number of rotatable bonds is 6. The van der Waals surface area contributed by atoms with Crippen molar-refractivity contribution in [1.29, 1.82) is 0 Å². The maximum atomic E-state index is 10.7. The second-order valence-electron chi connectivity index (χ2n) is 3.90. The zero-order chi connectivity index (χ0) is 13.7. The number of hydrogen-bond acceptors (Lipinski definition) is 3. The highest BCUT2D eigenvalue weighted by molar-refractivity contribution is 6.30. The van der Waals surface area contributed by atoms with Crippen LogP contribution in [-0.2, 0) is 11.2 Å². The van der Waals surface area contributed by atoms with Gasteiger partial charge in [-0.05, 0) is 29.7 Å². The molecule has 1 aromatic rings. The van der Waals surface area contributed by atoms with Gasteiger partial charge in [0.15, 0.2) is 0 Å². The van der Waals surface area contributed by atoms with Crippen molar-refractivity contribution in [2.75, 3.05) is 5.88 Å². The van der Waals surface area contributed by atoms with E-state index in [-0.39, 0.29) is 18.7 Å². The molecule has 0 aromatic heterocycles. The SMILES string of the molecule is O=C(O)Cc1ccc(Cl)cc1C(O)C(O)CCCl. The minimum absolute atomic E-state index is 0.201. The second kappa shape index (κ2) is 6.95. The Bertz CT molecular complexity index is 423. The van der Waals surface area contributed by atoms with Crippen LogP contribution in [0.3, 0.4) is 0 Å². The van der Waals surface area contributed by atoms with Crippen molar-refractivity contribution in [2.45, 2.75) is 25.0 Å². The van der Waals surface area contributed by atoms with E-state index in [0.717, 1.165) is 0 Å². The van der Waals surface area contributed by atoms with Gasteiger partial charge >= 0.3 is 5.97 Å². The number of carboxylic acid groups (broad SMARTS) is 1. The third-order valence-corrected chi connectivity index (χ3v) is 2.99. The van der Waals surface area contributed by atoms with Crippen LogP contribution in [0.5, 0.6) is 0 Å². The van der Waals surface area contributed by atoms with Crippen molar-refractivity contribution in [3.63, 3.8) is 0 Å². The van der Waals surface area contributed by atoms with Crippen LogP contribution in [-0.4, -0.2) is 33.3 Å². The highest BCUT2D eigenvalue weighted by Gasteiger charge is 2.21. The summed E-state index contributed by atoms with van der Waals surface area (Å²) in [6, 6.07) is 4.54. The molecule has 2 atom stereocenters. The summed E-state index contributed by atoms with van der Waals surface area (Å²) < 4.78 is 0. The van der Waals surface area contributed by atoms with E-state index >= 15 is 0 Å². The molecule has 0 amide bonds. The molecule has 4 nitrogen and oxygen atoms in total. The minimum Gasteiger partial charge on any atom is -0.481 e. The molecule has 0 aliphatic rings. The molecule has 6 heteroatoms. The van der Waals surface area contributed by atoms with E-state index in [1.807, 2.05) is 0 Å². The molecule has 1 aromatic carbocycles. The molecule has 0 bridgehead atoms. The molecule has 1 rings (SSSR count). The van der Waals surface area contributed by atoms with Gasteiger partial charge in [0.2, 0.25) is 0 Å². The van der Waals surface area contributed by atoms with Crippen molar-refractivity contribution in [3.8, 4) is 0 Å². The van der Waals surface area contributed by atoms with Gasteiger partial charge in [-0.25, -0.2) is 0 Å². The Labute approximate surface area is 115 Å². The number of aliphatic carboxylic acids is 1. The van der Waals surface area contributed by atoms with Gasteiger partial charge in [-0.3, -0.25) is 4.79 Å². The highest BCUT2D eigenvalue weighted by Crippen LogP contribution is 2.26. The highest BCUT2D eigenvalue weighted by atomic mass is 35.5. The largest absolute Gasteiger partial charge is 0.481 e. The summed E-state index contributed by atoms with van der Waals surface area (Å²) in [6.45, 7) is 0. The maximum Gasteiger partial charge on any atom is 0.307 e. The van der Waals surface area contributed by atoms with Gasteiger partial charge in [-0.15, -0.1) is 11.6 Å². The lowest BCUT2D eigenvalue weighted by molar-refractivity contribution is -0.136. The second-order valence-corrected chi connectivity index (χ2v) is 4.72. The summed E-state index contributed by atoms with van der Waals surface area (Å²) in [6.07, 6.45) is -2.27. The molecule has 0 heterocycles. The van der Waals surface area contributed by atoms with Crippen LogP contribution in [0.1, 0.15) is 23.7 Å². The number of benzene rings is 1. The van der Waals surface area contributed by atoms with Crippen LogP contribution in [0.4, 0.5) is 0 Å². The lowest BCUT2D eigenvalue weighted by Crippen LogP contribution is -2.20. The van der Waals surface area contributed by atoms with Crippen molar-refractivity contribution >= 4 is 29.2 Å². The van der Waals surface area contributed by atoms with Gasteiger partial charge < -0.3 is 15.3 Å². The third kappa shape index (κ3) is 4.14.